The van der Waals surface area contributed by atoms with E-state index < -0.39 is 0 Å². The van der Waals surface area contributed by atoms with Crippen molar-refractivity contribution in [2.45, 2.75) is 25.9 Å². The Morgan fingerprint density at radius 3 is 2.78 bits per heavy atom. The molecule has 23 heavy (non-hydrogen) atoms. The molecule has 4 heteroatoms. The third-order valence-electron chi connectivity index (χ3n) is 4.27. The minimum atomic E-state index is 0.157. The minimum Gasteiger partial charge on any atom is -0.497 e. The predicted octanol–water partition coefficient (Wildman–Crippen LogP) is 3.49. The van der Waals surface area contributed by atoms with Crippen molar-refractivity contribution in [2.75, 3.05) is 20.8 Å². The van der Waals surface area contributed by atoms with Crippen molar-refractivity contribution in [2.24, 2.45) is 0 Å². The van der Waals surface area contributed by atoms with Gasteiger partial charge in [-0.2, -0.15) is 0 Å². The van der Waals surface area contributed by atoms with Crippen LogP contribution in [0, 0.1) is 0 Å². The van der Waals surface area contributed by atoms with Crippen molar-refractivity contribution in [3.63, 3.8) is 0 Å². The molecule has 2 aromatic rings. The molecule has 0 spiro atoms. The fourth-order valence-corrected chi connectivity index (χ4v) is 2.91. The summed E-state index contributed by atoms with van der Waals surface area (Å²) < 4.78 is 16.3. The van der Waals surface area contributed by atoms with Crippen LogP contribution in [-0.4, -0.2) is 20.8 Å². The van der Waals surface area contributed by atoms with Crippen LogP contribution in [0.15, 0.2) is 36.4 Å². The van der Waals surface area contributed by atoms with Gasteiger partial charge in [-0.15, -0.1) is 0 Å². The zero-order chi connectivity index (χ0) is 16.2. The van der Waals surface area contributed by atoms with Gasteiger partial charge in [0.05, 0.1) is 20.8 Å². The number of ether oxygens (including phenoxy) is 3. The van der Waals surface area contributed by atoms with E-state index in [1.165, 1.54) is 11.1 Å². The summed E-state index contributed by atoms with van der Waals surface area (Å²) in [6.07, 6.45) is 1.00. The van der Waals surface area contributed by atoms with Gasteiger partial charge in [-0.1, -0.05) is 12.1 Å². The van der Waals surface area contributed by atoms with Crippen molar-refractivity contribution in [3.05, 3.63) is 53.1 Å². The second kappa shape index (κ2) is 6.92. The van der Waals surface area contributed by atoms with Crippen LogP contribution in [-0.2, 0) is 13.0 Å². The topological polar surface area (TPSA) is 39.7 Å². The van der Waals surface area contributed by atoms with Gasteiger partial charge in [0.2, 0.25) is 0 Å². The lowest BCUT2D eigenvalue weighted by atomic mass is 10.1. The summed E-state index contributed by atoms with van der Waals surface area (Å²) in [5.41, 5.74) is 3.66. The Morgan fingerprint density at radius 2 is 2.00 bits per heavy atom. The molecule has 0 radical (unpaired) electrons. The molecule has 0 bridgehead atoms. The number of fused-ring (bicyclic) bond motifs is 1. The van der Waals surface area contributed by atoms with Crippen LogP contribution >= 0.6 is 0 Å². The summed E-state index contributed by atoms with van der Waals surface area (Å²) in [5, 5.41) is 3.56. The first-order valence-electron chi connectivity index (χ1n) is 7.91. The number of methoxy groups -OCH3 is 2. The van der Waals surface area contributed by atoms with Gasteiger partial charge in [-0.3, -0.25) is 0 Å². The van der Waals surface area contributed by atoms with Crippen molar-refractivity contribution < 1.29 is 14.2 Å². The van der Waals surface area contributed by atoms with Crippen LogP contribution in [0.4, 0.5) is 0 Å². The van der Waals surface area contributed by atoms with E-state index in [0.29, 0.717) is 0 Å². The number of hydrogen-bond donors (Lipinski definition) is 1. The lowest BCUT2D eigenvalue weighted by Crippen LogP contribution is -2.18. The molecule has 1 unspecified atom stereocenters. The first-order chi connectivity index (χ1) is 11.2. The molecule has 0 fully saturated rings. The fraction of sp³-hybridized carbons (Fsp3) is 0.368. The predicted molar refractivity (Wildman–Crippen MR) is 90.4 cm³/mol. The zero-order valence-electron chi connectivity index (χ0n) is 13.9. The third-order valence-corrected chi connectivity index (χ3v) is 4.27. The molecule has 0 aromatic heterocycles. The summed E-state index contributed by atoms with van der Waals surface area (Å²) in [7, 11) is 3.37. The second-order valence-corrected chi connectivity index (χ2v) is 5.75. The Labute approximate surface area is 137 Å². The number of benzene rings is 2. The molecule has 0 aliphatic carbocycles. The first-order valence-corrected chi connectivity index (χ1v) is 7.91. The number of nitrogens with one attached hydrogen (secondary N) is 1. The molecule has 0 saturated carbocycles. The highest BCUT2D eigenvalue weighted by molar-refractivity contribution is 5.42. The van der Waals surface area contributed by atoms with Crippen LogP contribution in [0.5, 0.6) is 17.2 Å². The van der Waals surface area contributed by atoms with E-state index in [9.17, 15) is 0 Å². The monoisotopic (exact) mass is 313 g/mol. The molecule has 1 aliphatic heterocycles. The van der Waals surface area contributed by atoms with Gasteiger partial charge in [0.1, 0.15) is 17.2 Å². The molecule has 0 amide bonds. The molecule has 122 valence electrons. The summed E-state index contributed by atoms with van der Waals surface area (Å²) in [5.74, 6) is 2.73. The molecule has 4 nitrogen and oxygen atoms in total. The highest BCUT2D eigenvalue weighted by atomic mass is 16.5. The third kappa shape index (κ3) is 3.42. The normalized spacial score (nSPS) is 14.0. The highest BCUT2D eigenvalue weighted by Crippen LogP contribution is 2.30. The quantitative estimate of drug-likeness (QED) is 0.886. The van der Waals surface area contributed by atoms with E-state index in [4.69, 9.17) is 14.2 Å². The van der Waals surface area contributed by atoms with E-state index in [0.717, 1.165) is 42.4 Å². The molecule has 1 aliphatic rings. The second-order valence-electron chi connectivity index (χ2n) is 5.75. The zero-order valence-corrected chi connectivity index (χ0v) is 13.9. The Kier molecular flexibility index (Phi) is 4.72. The molecule has 0 saturated heterocycles. The maximum Gasteiger partial charge on any atom is 0.123 e. The Balaban J connectivity index is 1.70. The summed E-state index contributed by atoms with van der Waals surface area (Å²) in [6, 6.07) is 12.4. The van der Waals surface area contributed by atoms with Gasteiger partial charge in [-0.25, -0.2) is 0 Å². The molecule has 1 N–H and O–H groups in total. The van der Waals surface area contributed by atoms with Gasteiger partial charge >= 0.3 is 0 Å². The van der Waals surface area contributed by atoms with E-state index in [1.807, 2.05) is 18.2 Å². The standard InChI is InChI=1S/C19H23NO3/c1-13(17-11-16(21-2)5-7-19(17)22-3)20-12-14-4-6-18-15(10-14)8-9-23-18/h4-7,10-11,13,20H,8-9,12H2,1-3H3. The van der Waals surface area contributed by atoms with Gasteiger partial charge in [0.15, 0.2) is 0 Å². The maximum atomic E-state index is 5.55. The average Bonchev–Trinajstić information content (AvgIpc) is 3.06. The van der Waals surface area contributed by atoms with Gasteiger partial charge < -0.3 is 19.5 Å². The molecular weight excluding hydrogens is 290 g/mol. The van der Waals surface area contributed by atoms with Gasteiger partial charge in [0, 0.05) is 24.6 Å². The van der Waals surface area contributed by atoms with Crippen LogP contribution in [0.25, 0.3) is 0 Å². The fourth-order valence-electron chi connectivity index (χ4n) is 2.91. The van der Waals surface area contributed by atoms with Crippen molar-refractivity contribution >= 4 is 0 Å². The van der Waals surface area contributed by atoms with Gasteiger partial charge in [-0.05, 0) is 42.3 Å². The number of hydrogen-bond acceptors (Lipinski definition) is 4. The van der Waals surface area contributed by atoms with Crippen molar-refractivity contribution in [1.82, 2.24) is 5.32 Å². The average molecular weight is 313 g/mol. The van der Waals surface area contributed by atoms with Crippen LogP contribution in [0.3, 0.4) is 0 Å². The van der Waals surface area contributed by atoms with Crippen molar-refractivity contribution in [1.29, 1.82) is 0 Å². The van der Waals surface area contributed by atoms with E-state index in [-0.39, 0.29) is 6.04 Å². The molecular formula is C19H23NO3. The van der Waals surface area contributed by atoms with Crippen molar-refractivity contribution in [3.8, 4) is 17.2 Å². The molecule has 2 aromatic carbocycles. The molecule has 1 atom stereocenters. The van der Waals surface area contributed by atoms with Crippen LogP contribution in [0.2, 0.25) is 0 Å². The van der Waals surface area contributed by atoms with Crippen LogP contribution < -0.4 is 19.5 Å². The van der Waals surface area contributed by atoms with E-state index >= 15 is 0 Å². The van der Waals surface area contributed by atoms with E-state index in [2.05, 4.69) is 30.4 Å². The largest absolute Gasteiger partial charge is 0.497 e. The number of rotatable bonds is 6. The lowest BCUT2D eigenvalue weighted by molar-refractivity contribution is 0.357. The maximum absolute atomic E-state index is 5.55. The highest BCUT2D eigenvalue weighted by Gasteiger charge is 2.14. The van der Waals surface area contributed by atoms with Gasteiger partial charge in [0.25, 0.3) is 0 Å². The Morgan fingerprint density at radius 1 is 1.13 bits per heavy atom. The molecule has 3 rings (SSSR count). The minimum absolute atomic E-state index is 0.157. The molecule has 1 heterocycles. The SMILES string of the molecule is COc1ccc(OC)c(C(C)NCc2ccc3c(c2)CCO3)c1. The summed E-state index contributed by atoms with van der Waals surface area (Å²) in [4.78, 5) is 0. The Hall–Kier alpha value is -2.20. The smallest absolute Gasteiger partial charge is 0.123 e. The Bertz CT molecular complexity index is 684. The summed E-state index contributed by atoms with van der Waals surface area (Å²) in [6.45, 7) is 3.73. The van der Waals surface area contributed by atoms with Crippen LogP contribution in [0.1, 0.15) is 29.7 Å². The summed E-state index contributed by atoms with van der Waals surface area (Å²) >= 11 is 0. The first kappa shape index (κ1) is 15.7. The lowest BCUT2D eigenvalue weighted by Gasteiger charge is -2.18. The van der Waals surface area contributed by atoms with E-state index in [1.54, 1.807) is 14.2 Å².